The van der Waals surface area contributed by atoms with E-state index in [9.17, 15) is 15.0 Å². The third-order valence-electron chi connectivity index (χ3n) is 8.00. The van der Waals surface area contributed by atoms with Crippen LogP contribution in [0.25, 0.3) is 0 Å². The summed E-state index contributed by atoms with van der Waals surface area (Å²) < 4.78 is 17.7. The molecule has 9 heteroatoms. The number of carbonyl (C=O) groups excluding carboxylic acids is 1. The van der Waals surface area contributed by atoms with Gasteiger partial charge >= 0.3 is 0 Å². The van der Waals surface area contributed by atoms with Gasteiger partial charge in [-0.3, -0.25) is 4.79 Å². The second kappa shape index (κ2) is 13.3. The Kier molecular flexibility index (Phi) is 10.2. The zero-order chi connectivity index (χ0) is 29.6. The number of methoxy groups -OCH3 is 2. The van der Waals surface area contributed by atoms with Crippen molar-refractivity contribution in [1.82, 2.24) is 0 Å². The van der Waals surface area contributed by atoms with Crippen molar-refractivity contribution in [2.45, 2.75) is 53.2 Å². The average molecular weight is 598 g/mol. The van der Waals surface area contributed by atoms with Crippen molar-refractivity contribution in [1.29, 1.82) is 0 Å². The molecule has 3 aromatic carbocycles. The number of aliphatic hydroxyl groups is 2. The number of primary amides is 1. The number of hydrogen-bond acceptors (Lipinski definition) is 8. The molecule has 1 aliphatic rings. The summed E-state index contributed by atoms with van der Waals surface area (Å²) in [6.07, 6.45) is 0.259. The van der Waals surface area contributed by atoms with E-state index in [0.717, 1.165) is 11.1 Å². The highest BCUT2D eigenvalue weighted by Gasteiger charge is 2.70. The van der Waals surface area contributed by atoms with Crippen LogP contribution in [0.15, 0.2) is 91.0 Å². The molecule has 1 aliphatic heterocycles. The zero-order valence-electron chi connectivity index (χ0n) is 23.7. The molecule has 1 amide bonds. The number of nitrogens with two attached hydrogens (primary N) is 1. The molecule has 3 aromatic rings. The highest BCUT2D eigenvalue weighted by molar-refractivity contribution is 8.78. The molecule has 220 valence electrons. The van der Waals surface area contributed by atoms with Crippen LogP contribution in [0.5, 0.6) is 0 Å². The Hall–Kier alpha value is -2.37. The molecule has 4 N–H and O–H groups in total. The molecular weight excluding hydrogens is 558 g/mol. The summed E-state index contributed by atoms with van der Waals surface area (Å²) in [6, 6.07) is 29.6. The summed E-state index contributed by atoms with van der Waals surface area (Å²) in [5, 5.41) is 19.4. The van der Waals surface area contributed by atoms with E-state index in [1.54, 1.807) is 47.9 Å². The van der Waals surface area contributed by atoms with Crippen LogP contribution in [-0.2, 0) is 29.4 Å². The van der Waals surface area contributed by atoms with Gasteiger partial charge < -0.3 is 30.2 Å². The van der Waals surface area contributed by atoms with E-state index in [2.05, 4.69) is 31.2 Å². The Labute approximate surface area is 250 Å². The van der Waals surface area contributed by atoms with Crippen LogP contribution < -0.4 is 5.73 Å². The Morgan fingerprint density at radius 2 is 1.41 bits per heavy atom. The summed E-state index contributed by atoms with van der Waals surface area (Å²) in [5.74, 6) is -1.74. The first-order chi connectivity index (χ1) is 19.7. The third kappa shape index (κ3) is 5.57. The molecule has 0 radical (unpaired) electrons. The van der Waals surface area contributed by atoms with Gasteiger partial charge in [0.05, 0.1) is 18.0 Å². The Balaban J connectivity index is 1.72. The smallest absolute Gasteiger partial charge is 0.254 e. The van der Waals surface area contributed by atoms with Crippen molar-refractivity contribution in [2.75, 3.05) is 27.4 Å². The number of hydrogen-bond donors (Lipinski definition) is 3. The fourth-order valence-corrected chi connectivity index (χ4v) is 10.4. The molecule has 0 bridgehead atoms. The largest absolute Gasteiger partial charge is 0.394 e. The summed E-state index contributed by atoms with van der Waals surface area (Å²) >= 11 is 0. The molecule has 7 nitrogen and oxygen atoms in total. The van der Waals surface area contributed by atoms with Gasteiger partial charge in [-0.25, -0.2) is 0 Å². The van der Waals surface area contributed by atoms with E-state index >= 15 is 0 Å². The van der Waals surface area contributed by atoms with Crippen molar-refractivity contribution in [3.8, 4) is 0 Å². The monoisotopic (exact) mass is 597 g/mol. The standard InChI is InChI=1S/C32H39NO6S2/c1-29(20-13-21-30(28(33)36,39-23-27(35)22-34)24-14-7-4-8-15-24)32(37-2,38-3)31(41-40-29,25-16-9-5-10-17-25)26-18-11-6-12-19-26/h4-12,14-19,27,34-35H,13,20-23H2,1-3H3,(H2,33,36). The molecule has 1 fully saturated rings. The van der Waals surface area contributed by atoms with Gasteiger partial charge in [0, 0.05) is 14.2 Å². The molecule has 3 atom stereocenters. The summed E-state index contributed by atoms with van der Waals surface area (Å²) in [7, 11) is 6.80. The van der Waals surface area contributed by atoms with Crippen LogP contribution in [0, 0.1) is 0 Å². The molecule has 0 aliphatic carbocycles. The van der Waals surface area contributed by atoms with Gasteiger partial charge in [0.1, 0.15) is 10.9 Å². The summed E-state index contributed by atoms with van der Waals surface area (Å²) in [5.41, 5.74) is 7.24. The van der Waals surface area contributed by atoms with Gasteiger partial charge in [-0.15, -0.1) is 0 Å². The van der Waals surface area contributed by atoms with E-state index in [0.29, 0.717) is 18.4 Å². The lowest BCUT2D eigenvalue weighted by Crippen LogP contribution is -2.61. The number of rotatable bonds is 14. The van der Waals surface area contributed by atoms with E-state index in [4.69, 9.17) is 19.9 Å². The topological polar surface area (TPSA) is 111 Å². The summed E-state index contributed by atoms with van der Waals surface area (Å²) in [4.78, 5) is 13.0. The molecule has 0 spiro atoms. The van der Waals surface area contributed by atoms with Gasteiger partial charge in [-0.05, 0) is 42.9 Å². The first-order valence-corrected chi connectivity index (χ1v) is 15.8. The fraction of sp³-hybridized carbons (Fsp3) is 0.406. The molecule has 0 aromatic heterocycles. The molecular formula is C32H39NO6S2. The van der Waals surface area contributed by atoms with Crippen molar-refractivity contribution in [3.05, 3.63) is 108 Å². The van der Waals surface area contributed by atoms with E-state index in [1.165, 1.54) is 0 Å². The molecule has 4 rings (SSSR count). The van der Waals surface area contributed by atoms with Gasteiger partial charge in [0.25, 0.3) is 5.91 Å². The van der Waals surface area contributed by atoms with Crippen LogP contribution in [0.1, 0.15) is 42.9 Å². The fourth-order valence-electron chi connectivity index (χ4n) is 5.94. The normalized spacial score (nSPS) is 21.7. The van der Waals surface area contributed by atoms with Crippen LogP contribution in [0.4, 0.5) is 0 Å². The SMILES string of the molecule is COC1(OC)C(C)(CCCC(OCC(O)CO)(C(N)=O)c2ccccc2)SSC1(c1ccccc1)c1ccccc1. The Morgan fingerprint density at radius 1 is 0.902 bits per heavy atom. The number of benzene rings is 3. The quantitative estimate of drug-likeness (QED) is 0.176. The number of aliphatic hydroxyl groups excluding tert-OH is 2. The summed E-state index contributed by atoms with van der Waals surface area (Å²) in [6.45, 7) is 1.42. The van der Waals surface area contributed by atoms with Crippen LogP contribution in [0.2, 0.25) is 0 Å². The predicted molar refractivity (Wildman–Crippen MR) is 164 cm³/mol. The van der Waals surface area contributed by atoms with Crippen molar-refractivity contribution in [2.24, 2.45) is 5.73 Å². The number of amides is 1. The maximum absolute atomic E-state index is 13.0. The van der Waals surface area contributed by atoms with Crippen LogP contribution in [-0.4, -0.2) is 60.2 Å². The second-order valence-electron chi connectivity index (χ2n) is 10.4. The van der Waals surface area contributed by atoms with Crippen molar-refractivity contribution < 1.29 is 29.2 Å². The molecule has 41 heavy (non-hydrogen) atoms. The third-order valence-corrected chi connectivity index (χ3v) is 12.0. The first kappa shape index (κ1) is 31.6. The van der Waals surface area contributed by atoms with E-state index in [-0.39, 0.29) is 13.0 Å². The zero-order valence-corrected chi connectivity index (χ0v) is 25.3. The molecule has 1 saturated heterocycles. The molecule has 3 unspecified atom stereocenters. The highest BCUT2D eigenvalue weighted by atomic mass is 33.1. The lowest BCUT2D eigenvalue weighted by atomic mass is 9.74. The van der Waals surface area contributed by atoms with Crippen LogP contribution >= 0.6 is 21.6 Å². The van der Waals surface area contributed by atoms with Gasteiger partial charge in [0.2, 0.25) is 5.79 Å². The van der Waals surface area contributed by atoms with E-state index in [1.807, 2.05) is 54.6 Å². The second-order valence-corrected chi connectivity index (χ2v) is 13.2. The van der Waals surface area contributed by atoms with Crippen molar-refractivity contribution in [3.63, 3.8) is 0 Å². The maximum Gasteiger partial charge on any atom is 0.254 e. The number of carbonyl (C=O) groups is 1. The minimum Gasteiger partial charge on any atom is -0.394 e. The Morgan fingerprint density at radius 3 is 1.88 bits per heavy atom. The molecule has 1 heterocycles. The van der Waals surface area contributed by atoms with Gasteiger partial charge in [-0.2, -0.15) is 0 Å². The first-order valence-electron chi connectivity index (χ1n) is 13.6. The average Bonchev–Trinajstić information content (AvgIpc) is 3.28. The maximum atomic E-state index is 13.0. The van der Waals surface area contributed by atoms with Crippen molar-refractivity contribution >= 4 is 27.5 Å². The number of ether oxygens (including phenoxy) is 3. The minimum atomic E-state index is -1.48. The van der Waals surface area contributed by atoms with E-state index < -0.39 is 39.5 Å². The predicted octanol–water partition coefficient (Wildman–Crippen LogP) is 4.99. The molecule has 0 saturated carbocycles. The highest BCUT2D eigenvalue weighted by Crippen LogP contribution is 2.72. The van der Waals surface area contributed by atoms with Gasteiger partial charge in [0.15, 0.2) is 5.60 Å². The Bertz CT molecular complexity index is 1220. The lowest BCUT2D eigenvalue weighted by Gasteiger charge is -2.49. The van der Waals surface area contributed by atoms with Crippen LogP contribution in [0.3, 0.4) is 0 Å². The van der Waals surface area contributed by atoms with Gasteiger partial charge in [-0.1, -0.05) is 113 Å². The minimum absolute atomic E-state index is 0.235. The lowest BCUT2D eigenvalue weighted by molar-refractivity contribution is -0.241.